The van der Waals surface area contributed by atoms with Crippen LogP contribution < -0.4 is 26.2 Å². The van der Waals surface area contributed by atoms with Gasteiger partial charge in [0, 0.05) is 94.6 Å². The van der Waals surface area contributed by atoms with Gasteiger partial charge in [0.15, 0.2) is 5.69 Å². The van der Waals surface area contributed by atoms with Crippen LogP contribution in [-0.4, -0.2) is 15.8 Å². The lowest BCUT2D eigenvalue weighted by molar-refractivity contribution is 1.17. The largest absolute Gasteiger partial charge is 0.310 e. The highest BCUT2D eigenvalue weighted by atomic mass is 15.2. The predicted octanol–water partition coefficient (Wildman–Crippen LogP) is 23.8. The molecule has 0 radical (unpaired) electrons. The molecule has 0 spiro atoms. The van der Waals surface area contributed by atoms with E-state index in [0.717, 1.165) is 172 Å². The maximum atomic E-state index is 11.1. The Hall–Kier alpha value is -15.3. The van der Waals surface area contributed by atoms with Crippen LogP contribution in [0.3, 0.4) is 0 Å². The molecule has 0 aliphatic carbocycles. The minimum atomic E-state index is -0.421. The Morgan fingerprint density at radius 1 is 0.275 bits per heavy atom. The fourth-order valence-electron chi connectivity index (χ4n) is 17.4. The summed E-state index contributed by atoms with van der Waals surface area (Å²) in [7, 11) is 0. The average Bonchev–Trinajstić information content (AvgIpc) is 1.30. The summed E-state index contributed by atoms with van der Waals surface area (Å²) >= 11 is 0. The minimum Gasteiger partial charge on any atom is -0.310 e. The molecule has 502 valence electrons. The average molecular weight is 1380 g/mol. The molecule has 20 rings (SSSR count). The zero-order valence-corrected chi connectivity index (χ0v) is 58.7. The van der Waals surface area contributed by atoms with Crippen LogP contribution in [0.1, 0.15) is 16.7 Å². The van der Waals surface area contributed by atoms with Crippen molar-refractivity contribution in [2.45, 2.75) is 0 Å². The van der Waals surface area contributed by atoms with Crippen molar-refractivity contribution in [2.24, 2.45) is 0 Å². The Labute approximate surface area is 630 Å². The van der Waals surface area contributed by atoms with Gasteiger partial charge in [-0.3, -0.25) is 0 Å². The first-order valence-electron chi connectivity index (χ1n) is 36.5. The molecule has 0 atom stereocenters. The standard InChI is InChI=1S/C100H59BN8/c1-105-87-44-26-39-71(63-104)97(87)74-55-83(67-33-13-5-14-34-67)100(84(56-74)68-35-15-6-16-36-68)109-93-60-76(107-90-47-23-19-42-79(90)80-43-20-24-48-91(80)107)50-52-86(93)101-85-51-49-75(106-88-45-21-17-40-77(88)78-41-18-22-46-89(78)106)59-92(85)108(94-57-72(58-95(109)98(94)101)64-27-7-2-8-28-64)99-81(65-29-9-3-10-30-65)53-73(54-82(99)66-31-11-4-12-32-66)96-69(61-102)37-25-38-70(96)62-103/h2-60H. The van der Waals surface area contributed by atoms with E-state index in [9.17, 15) is 15.8 Å². The second-order valence-corrected chi connectivity index (χ2v) is 27.8. The van der Waals surface area contributed by atoms with E-state index in [2.05, 4.69) is 351 Å². The highest BCUT2D eigenvalue weighted by Crippen LogP contribution is 2.56. The zero-order valence-electron chi connectivity index (χ0n) is 58.7. The van der Waals surface area contributed by atoms with Crippen LogP contribution >= 0.6 is 0 Å². The molecule has 0 amide bonds. The Balaban J connectivity index is 0.990. The first kappa shape index (κ1) is 63.4. The first-order valence-corrected chi connectivity index (χ1v) is 36.5. The van der Waals surface area contributed by atoms with Crippen molar-refractivity contribution in [3.63, 3.8) is 0 Å². The molecular weight excluding hydrogens is 1320 g/mol. The van der Waals surface area contributed by atoms with E-state index in [0.29, 0.717) is 33.5 Å². The number of anilines is 6. The number of nitriles is 3. The van der Waals surface area contributed by atoms with Gasteiger partial charge in [-0.05, 0) is 164 Å². The molecule has 4 heterocycles. The molecule has 109 heavy (non-hydrogen) atoms. The smallest absolute Gasteiger partial charge is 0.252 e. The van der Waals surface area contributed by atoms with Crippen LogP contribution in [0.2, 0.25) is 0 Å². The number of hydrogen-bond acceptors (Lipinski definition) is 5. The second-order valence-electron chi connectivity index (χ2n) is 27.8. The lowest BCUT2D eigenvalue weighted by atomic mass is 9.33. The molecule has 8 nitrogen and oxygen atoms in total. The molecule has 0 saturated heterocycles. The molecule has 2 aliphatic heterocycles. The van der Waals surface area contributed by atoms with Gasteiger partial charge in [0.25, 0.3) is 6.71 Å². The molecule has 0 saturated carbocycles. The third-order valence-corrected chi connectivity index (χ3v) is 22.0. The molecule has 9 heteroatoms. The number of hydrogen-bond donors (Lipinski definition) is 0. The van der Waals surface area contributed by atoms with Crippen LogP contribution in [0.15, 0.2) is 358 Å². The van der Waals surface area contributed by atoms with Gasteiger partial charge in [-0.2, -0.15) is 15.8 Å². The second kappa shape index (κ2) is 25.9. The van der Waals surface area contributed by atoms with Crippen molar-refractivity contribution < 1.29 is 0 Å². The van der Waals surface area contributed by atoms with Crippen LogP contribution in [0, 0.1) is 40.6 Å². The van der Waals surface area contributed by atoms with Gasteiger partial charge in [-0.1, -0.05) is 255 Å². The number of benzene rings is 16. The van der Waals surface area contributed by atoms with Gasteiger partial charge in [0.05, 0.1) is 69.3 Å². The quantitative estimate of drug-likeness (QED) is 0.0950. The van der Waals surface area contributed by atoms with Gasteiger partial charge in [-0.15, -0.1) is 0 Å². The Morgan fingerprint density at radius 2 is 0.596 bits per heavy atom. The Bertz CT molecular complexity index is 6290. The predicted molar refractivity (Wildman–Crippen MR) is 448 cm³/mol. The van der Waals surface area contributed by atoms with Gasteiger partial charge < -0.3 is 18.9 Å². The van der Waals surface area contributed by atoms with Crippen LogP contribution in [-0.2, 0) is 0 Å². The third kappa shape index (κ3) is 10.1. The molecule has 0 N–H and O–H groups in total. The lowest BCUT2D eigenvalue weighted by Crippen LogP contribution is -2.61. The van der Waals surface area contributed by atoms with E-state index in [1.165, 1.54) is 0 Å². The molecule has 2 aliphatic rings. The summed E-state index contributed by atoms with van der Waals surface area (Å²) in [4.78, 5) is 9.21. The van der Waals surface area contributed by atoms with Crippen LogP contribution in [0.25, 0.3) is 138 Å². The zero-order chi connectivity index (χ0) is 72.8. The molecule has 0 unspecified atom stereocenters. The topological polar surface area (TPSA) is 92.1 Å². The Morgan fingerprint density at radius 3 is 0.954 bits per heavy atom. The normalized spacial score (nSPS) is 11.9. The van der Waals surface area contributed by atoms with Crippen molar-refractivity contribution in [3.8, 4) is 107 Å². The molecule has 0 fully saturated rings. The van der Waals surface area contributed by atoms with Crippen molar-refractivity contribution in [3.05, 3.63) is 386 Å². The van der Waals surface area contributed by atoms with E-state index in [1.54, 1.807) is 24.3 Å². The van der Waals surface area contributed by atoms with Crippen molar-refractivity contribution in [1.29, 1.82) is 15.8 Å². The number of nitrogens with zero attached hydrogens (tertiary/aromatic N) is 8. The van der Waals surface area contributed by atoms with Crippen LogP contribution in [0.4, 0.5) is 39.8 Å². The summed E-state index contributed by atoms with van der Waals surface area (Å²) in [6.45, 7) is 8.25. The van der Waals surface area contributed by atoms with Gasteiger partial charge in [0.1, 0.15) is 0 Å². The highest BCUT2D eigenvalue weighted by molar-refractivity contribution is 7.00. The summed E-state index contributed by atoms with van der Waals surface area (Å²) in [6.07, 6.45) is 0. The Kier molecular flexibility index (Phi) is 15.1. The molecular formula is C100H59BN8. The first-order chi connectivity index (χ1) is 53.9. The van der Waals surface area contributed by atoms with E-state index in [4.69, 9.17) is 6.57 Å². The van der Waals surface area contributed by atoms with E-state index >= 15 is 0 Å². The minimum absolute atomic E-state index is 0.383. The molecule has 18 aromatic rings. The van der Waals surface area contributed by atoms with Gasteiger partial charge in [0.2, 0.25) is 0 Å². The number of aromatic nitrogens is 2. The van der Waals surface area contributed by atoms with Crippen molar-refractivity contribution in [1.82, 2.24) is 9.13 Å². The lowest BCUT2D eigenvalue weighted by Gasteiger charge is -2.46. The number of fused-ring (bicyclic) bond motifs is 10. The van der Waals surface area contributed by atoms with E-state index < -0.39 is 6.71 Å². The maximum Gasteiger partial charge on any atom is 0.252 e. The van der Waals surface area contributed by atoms with Crippen molar-refractivity contribution in [2.75, 3.05) is 9.80 Å². The third-order valence-electron chi connectivity index (χ3n) is 22.0. The molecule has 2 aromatic heterocycles. The van der Waals surface area contributed by atoms with E-state index in [1.807, 2.05) is 24.3 Å². The summed E-state index contributed by atoms with van der Waals surface area (Å²) in [6, 6.07) is 134. The van der Waals surface area contributed by atoms with Gasteiger partial charge >= 0.3 is 0 Å². The van der Waals surface area contributed by atoms with Gasteiger partial charge in [-0.25, -0.2) is 4.85 Å². The summed E-state index contributed by atoms with van der Waals surface area (Å²) in [5, 5.41) is 37.9. The maximum absolute atomic E-state index is 11.1. The fraction of sp³-hybridized carbons (Fsp3) is 0. The van der Waals surface area contributed by atoms with Crippen molar-refractivity contribution >= 4 is 107 Å². The number of para-hydroxylation sites is 4. The van der Waals surface area contributed by atoms with Crippen LogP contribution in [0.5, 0.6) is 0 Å². The summed E-state index contributed by atoms with van der Waals surface area (Å²) < 4.78 is 4.83. The van der Waals surface area contributed by atoms with E-state index in [-0.39, 0.29) is 0 Å². The summed E-state index contributed by atoms with van der Waals surface area (Å²) in [5.41, 5.74) is 28.5. The fourth-order valence-corrected chi connectivity index (χ4v) is 17.4. The molecule has 0 bridgehead atoms. The SMILES string of the molecule is [C-]#[N+]c1cccc(C#N)c1-c1cc(-c2ccccc2)c(N2c3cc(-n4c5ccccc5c5ccccc54)ccc3B3c4ccc(-n5c6ccccc6c6ccccc65)cc4N(c4c(-c5ccccc5)cc(-c5c(C#N)cccc5C#N)cc4-c4ccccc4)c4cc(-c5ccccc5)cc2c43)c(-c2ccccc2)c1. The highest BCUT2D eigenvalue weighted by Gasteiger charge is 2.46. The summed E-state index contributed by atoms with van der Waals surface area (Å²) in [5.74, 6) is 0. The molecule has 16 aromatic carbocycles. The monoisotopic (exact) mass is 1380 g/mol. The number of rotatable bonds is 11.